The van der Waals surface area contributed by atoms with Crippen LogP contribution in [0.3, 0.4) is 0 Å². The molecule has 0 aromatic carbocycles. The van der Waals surface area contributed by atoms with Gasteiger partial charge in [0.2, 0.25) is 17.7 Å². The van der Waals surface area contributed by atoms with E-state index in [0.717, 1.165) is 64.6 Å². The molecule has 0 spiro atoms. The van der Waals surface area contributed by atoms with E-state index in [1.807, 2.05) is 0 Å². The van der Waals surface area contributed by atoms with Gasteiger partial charge < -0.3 is 40.3 Å². The predicted molar refractivity (Wildman–Crippen MR) is 240 cm³/mol. The van der Waals surface area contributed by atoms with Gasteiger partial charge in [0.25, 0.3) is 0 Å². The number of ether oxygens (including phenoxy) is 2. The molecule has 340 valence electrons. The van der Waals surface area contributed by atoms with E-state index in [0.29, 0.717) is 32.7 Å². The maximum Gasteiger partial charge on any atom is 2.00 e. The normalized spacial score (nSPS) is 14.0. The molecule has 2 aliphatic rings. The topological polar surface area (TPSA) is 106 Å². The van der Waals surface area contributed by atoms with Crippen LogP contribution in [0.25, 0.3) is 0 Å². The first-order valence-electron chi connectivity index (χ1n) is 23.6. The third kappa shape index (κ3) is 40.0. The van der Waals surface area contributed by atoms with Crippen molar-refractivity contribution in [1.29, 1.82) is 0 Å². The number of carbonyl (C=O) groups is 3. The summed E-state index contributed by atoms with van der Waals surface area (Å²) in [4.78, 5) is 38.4. The molecule has 0 aliphatic heterocycles. The van der Waals surface area contributed by atoms with Crippen LogP contribution in [0.1, 0.15) is 226 Å². The van der Waals surface area contributed by atoms with Gasteiger partial charge in [0.05, 0.1) is 0 Å². The van der Waals surface area contributed by atoms with E-state index in [4.69, 9.17) is 9.47 Å². The number of nitrogens with one attached hydrogen (secondary N) is 3. The molecule has 0 heterocycles. The summed E-state index contributed by atoms with van der Waals surface area (Å²) < 4.78 is 11.5. The molecule has 0 aromatic heterocycles. The molecule has 3 amide bonds. The van der Waals surface area contributed by atoms with E-state index in [1.165, 1.54) is 148 Å². The van der Waals surface area contributed by atoms with Gasteiger partial charge >= 0.3 is 17.1 Å². The zero-order valence-corrected chi connectivity index (χ0v) is 39.2. The molecule has 9 heteroatoms. The monoisotopic (exact) mass is 850 g/mol. The molecule has 0 radical (unpaired) electrons. The van der Waals surface area contributed by atoms with Crippen LogP contribution in [0.2, 0.25) is 0 Å². The number of hydrogen-bond donors (Lipinski definition) is 3. The molecule has 1 atom stereocenters. The first-order chi connectivity index (χ1) is 26.6. The fourth-order valence-corrected chi connectivity index (χ4v) is 7.49. The Hall–Kier alpha value is -1.15. The van der Waals surface area contributed by atoms with Crippen LogP contribution in [0, 0.1) is 20.8 Å². The fourth-order valence-electron chi connectivity index (χ4n) is 7.49. The van der Waals surface area contributed by atoms with Crippen LogP contribution in [0.4, 0.5) is 0 Å². The average Bonchev–Trinajstić information content (AvgIpc) is 3.95. The average molecular weight is 850 g/mol. The SMILES string of the molecule is C1CCCC1.CCCCCCCCCCCCOCCCNC(=O)CCC(NC(=O)C1CCCC1)C(=O)NCCCOCCCCCCCCCCCC.[CH3-].[CH3-].[Fe+2]. The van der Waals surface area contributed by atoms with Crippen molar-refractivity contribution < 1.29 is 40.9 Å². The van der Waals surface area contributed by atoms with Gasteiger partial charge in [0.15, 0.2) is 0 Å². The number of hydrogen-bond acceptors (Lipinski definition) is 5. The van der Waals surface area contributed by atoms with Gasteiger partial charge in [-0.25, -0.2) is 0 Å². The zero-order chi connectivity index (χ0) is 39.0. The fraction of sp³-hybridized carbons (Fsp3) is 0.896. The second-order valence-electron chi connectivity index (χ2n) is 16.3. The van der Waals surface area contributed by atoms with Crippen LogP contribution < -0.4 is 16.0 Å². The van der Waals surface area contributed by atoms with Crippen molar-refractivity contribution in [1.82, 2.24) is 16.0 Å². The van der Waals surface area contributed by atoms with Crippen molar-refractivity contribution in [2.45, 2.75) is 232 Å². The number of unbranched alkanes of at least 4 members (excludes halogenated alkanes) is 18. The molecular weight excluding hydrogens is 754 g/mol. The first-order valence-corrected chi connectivity index (χ1v) is 23.6. The Morgan fingerprint density at radius 1 is 0.509 bits per heavy atom. The van der Waals surface area contributed by atoms with E-state index in [9.17, 15) is 14.4 Å². The Balaban J connectivity index is -0.00000336. The second-order valence-corrected chi connectivity index (χ2v) is 16.3. The molecule has 0 saturated heterocycles. The van der Waals surface area contributed by atoms with Gasteiger partial charge in [-0.2, -0.15) is 0 Å². The molecule has 0 bridgehead atoms. The summed E-state index contributed by atoms with van der Waals surface area (Å²) in [6.45, 7) is 8.39. The summed E-state index contributed by atoms with van der Waals surface area (Å²) in [5.74, 6) is -0.390. The molecular formula is C48H95FeN3O5. The molecule has 2 aliphatic carbocycles. The first kappa shape index (κ1) is 60.2. The van der Waals surface area contributed by atoms with E-state index < -0.39 is 6.04 Å². The summed E-state index contributed by atoms with van der Waals surface area (Å²) in [5.41, 5.74) is 0. The molecule has 57 heavy (non-hydrogen) atoms. The van der Waals surface area contributed by atoms with Crippen molar-refractivity contribution in [3.8, 4) is 0 Å². The molecule has 2 rings (SSSR count). The summed E-state index contributed by atoms with van der Waals surface area (Å²) in [5, 5.41) is 8.87. The minimum atomic E-state index is -0.698. The molecule has 2 saturated carbocycles. The quantitative estimate of drug-likeness (QED) is 0.0331. The smallest absolute Gasteiger partial charge is 0.381 e. The van der Waals surface area contributed by atoms with Crippen LogP contribution in [-0.2, 0) is 40.9 Å². The Labute approximate surface area is 365 Å². The van der Waals surface area contributed by atoms with Crippen LogP contribution >= 0.6 is 0 Å². The standard InChI is InChI=1S/C41H79N3O5.C5H10.2CH3.Fe/c1-3-5-7-9-11-13-15-17-19-23-33-48-35-25-31-42-39(45)30-29-38(44-40(46)37-27-21-22-28-37)41(47)43-32-26-36-49-34-24-20-18-16-14-12-10-8-6-4-2;1-2-4-5-3-1;;;/h37-38H,3-36H2,1-2H3,(H,42,45)(H,43,47)(H,44,46);1-5H2;2*1H3;/q;;2*-1;+2. The van der Waals surface area contributed by atoms with Crippen molar-refractivity contribution >= 4 is 17.7 Å². The van der Waals surface area contributed by atoms with Gasteiger partial charge in [0.1, 0.15) is 6.04 Å². The summed E-state index contributed by atoms with van der Waals surface area (Å²) >= 11 is 0. The summed E-state index contributed by atoms with van der Waals surface area (Å²) in [7, 11) is 0. The van der Waals surface area contributed by atoms with Crippen molar-refractivity contribution in [3.05, 3.63) is 14.9 Å². The Kier molecular flexibility index (Phi) is 50.2. The van der Waals surface area contributed by atoms with Crippen LogP contribution in [-0.4, -0.2) is 63.3 Å². The van der Waals surface area contributed by atoms with Gasteiger partial charge in [-0.1, -0.05) is 174 Å². The minimum absolute atomic E-state index is 0. The Bertz CT molecular complexity index is 846. The van der Waals surface area contributed by atoms with E-state index >= 15 is 0 Å². The molecule has 1 unspecified atom stereocenters. The second kappa shape index (κ2) is 47.5. The molecule has 2 fully saturated rings. The minimum Gasteiger partial charge on any atom is -0.381 e. The van der Waals surface area contributed by atoms with Crippen molar-refractivity contribution in [2.75, 3.05) is 39.5 Å². The molecule has 8 nitrogen and oxygen atoms in total. The maximum atomic E-state index is 13.0. The molecule has 3 N–H and O–H groups in total. The van der Waals surface area contributed by atoms with Gasteiger partial charge in [-0.05, 0) is 44.9 Å². The van der Waals surface area contributed by atoms with Crippen LogP contribution in [0.5, 0.6) is 0 Å². The number of amides is 3. The van der Waals surface area contributed by atoms with Crippen molar-refractivity contribution in [2.24, 2.45) is 5.92 Å². The Morgan fingerprint density at radius 2 is 0.877 bits per heavy atom. The summed E-state index contributed by atoms with van der Waals surface area (Å²) in [6.07, 6.45) is 39.6. The third-order valence-corrected chi connectivity index (χ3v) is 11.1. The summed E-state index contributed by atoms with van der Waals surface area (Å²) in [6, 6.07) is -0.698. The largest absolute Gasteiger partial charge is 2.00 e. The third-order valence-electron chi connectivity index (χ3n) is 11.1. The van der Waals surface area contributed by atoms with E-state index in [1.54, 1.807) is 0 Å². The van der Waals surface area contributed by atoms with Gasteiger partial charge in [0, 0.05) is 51.9 Å². The molecule has 0 aromatic rings. The number of rotatable bonds is 36. The van der Waals surface area contributed by atoms with E-state index in [2.05, 4.69) is 29.8 Å². The van der Waals surface area contributed by atoms with Crippen LogP contribution in [0.15, 0.2) is 0 Å². The van der Waals surface area contributed by atoms with E-state index in [-0.39, 0.29) is 62.0 Å². The zero-order valence-electron chi connectivity index (χ0n) is 38.1. The van der Waals surface area contributed by atoms with Gasteiger partial charge in [-0.3, -0.25) is 14.4 Å². The predicted octanol–water partition coefficient (Wildman–Crippen LogP) is 12.2. The Morgan fingerprint density at radius 3 is 1.30 bits per heavy atom. The number of carbonyl (C=O) groups excluding carboxylic acids is 3. The maximum absolute atomic E-state index is 13.0. The van der Waals surface area contributed by atoms with Crippen molar-refractivity contribution in [3.63, 3.8) is 0 Å². The van der Waals surface area contributed by atoms with Gasteiger partial charge in [-0.15, -0.1) is 0 Å².